The number of carbonyl (C=O) groups is 1. The first kappa shape index (κ1) is 17.9. The molecule has 6 nitrogen and oxygen atoms in total. The predicted molar refractivity (Wildman–Crippen MR) is 94.5 cm³/mol. The summed E-state index contributed by atoms with van der Waals surface area (Å²) in [6.07, 6.45) is 1.58. The molecule has 0 spiro atoms. The molecule has 0 fully saturated rings. The van der Waals surface area contributed by atoms with E-state index in [1.807, 2.05) is 20.8 Å². The minimum absolute atomic E-state index is 0.0721. The second kappa shape index (κ2) is 6.60. The van der Waals surface area contributed by atoms with E-state index in [1.54, 1.807) is 30.5 Å². The number of hydrogen-bond acceptors (Lipinski definition) is 4. The monoisotopic (exact) mass is 347 g/mol. The van der Waals surface area contributed by atoms with E-state index in [0.29, 0.717) is 11.4 Å². The van der Waals surface area contributed by atoms with E-state index in [2.05, 4.69) is 15.0 Å². The zero-order valence-corrected chi connectivity index (χ0v) is 14.9. The minimum atomic E-state index is -3.76. The molecule has 0 aliphatic heterocycles. The first-order valence-corrected chi connectivity index (χ1v) is 8.93. The highest BCUT2D eigenvalue weighted by molar-refractivity contribution is 7.92. The van der Waals surface area contributed by atoms with Gasteiger partial charge in [0.2, 0.25) is 5.91 Å². The molecule has 0 bridgehead atoms. The first-order valence-electron chi connectivity index (χ1n) is 7.45. The van der Waals surface area contributed by atoms with Crippen LogP contribution in [0.25, 0.3) is 0 Å². The average molecular weight is 347 g/mol. The maximum absolute atomic E-state index is 12.6. The standard InChI is InChI=1S/C17H21N3O3S/c1-12(21)19-13-6-5-7-15(10-13)24(22,23)20-14-8-9-18-16(11-14)17(2,3)4/h5-11H,1-4H3,(H,18,20)(H,19,21). The molecule has 0 radical (unpaired) electrons. The molecule has 0 aliphatic carbocycles. The Kier molecular flexibility index (Phi) is 4.94. The van der Waals surface area contributed by atoms with Crippen LogP contribution in [-0.4, -0.2) is 19.3 Å². The van der Waals surface area contributed by atoms with Crippen molar-refractivity contribution in [1.29, 1.82) is 0 Å². The van der Waals surface area contributed by atoms with Crippen LogP contribution in [0.1, 0.15) is 33.4 Å². The molecule has 1 aromatic heterocycles. The molecule has 2 aromatic rings. The topological polar surface area (TPSA) is 88.2 Å². The van der Waals surface area contributed by atoms with Gasteiger partial charge in [-0.25, -0.2) is 8.42 Å². The Bertz CT molecular complexity index is 855. The zero-order chi connectivity index (χ0) is 18.0. The summed E-state index contributed by atoms with van der Waals surface area (Å²) >= 11 is 0. The maximum atomic E-state index is 12.6. The Morgan fingerprint density at radius 3 is 2.42 bits per heavy atom. The van der Waals surface area contributed by atoms with Crippen LogP contribution in [0, 0.1) is 0 Å². The van der Waals surface area contributed by atoms with Gasteiger partial charge in [-0.05, 0) is 30.3 Å². The van der Waals surface area contributed by atoms with E-state index >= 15 is 0 Å². The summed E-state index contributed by atoms with van der Waals surface area (Å²) in [6.45, 7) is 7.38. The van der Waals surface area contributed by atoms with Gasteiger partial charge in [-0.15, -0.1) is 0 Å². The predicted octanol–water partition coefficient (Wildman–Crippen LogP) is 3.14. The number of rotatable bonds is 4. The number of amides is 1. The molecule has 1 heterocycles. The van der Waals surface area contributed by atoms with Crippen LogP contribution >= 0.6 is 0 Å². The second-order valence-corrected chi connectivity index (χ2v) is 8.18. The van der Waals surface area contributed by atoms with Crippen LogP contribution in [0.4, 0.5) is 11.4 Å². The summed E-state index contributed by atoms with van der Waals surface area (Å²) < 4.78 is 27.7. The van der Waals surface area contributed by atoms with Gasteiger partial charge >= 0.3 is 0 Å². The fourth-order valence-corrected chi connectivity index (χ4v) is 3.16. The summed E-state index contributed by atoms with van der Waals surface area (Å²) in [4.78, 5) is 15.5. The number of carbonyl (C=O) groups excluding carboxylic acids is 1. The highest BCUT2D eigenvalue weighted by atomic mass is 32.2. The smallest absolute Gasteiger partial charge is 0.261 e. The summed E-state index contributed by atoms with van der Waals surface area (Å²) in [5.41, 5.74) is 1.47. The molecule has 0 atom stereocenters. The molecule has 128 valence electrons. The van der Waals surface area contributed by atoms with Crippen molar-refractivity contribution in [3.63, 3.8) is 0 Å². The lowest BCUT2D eigenvalue weighted by atomic mass is 9.91. The second-order valence-electron chi connectivity index (χ2n) is 6.49. The van der Waals surface area contributed by atoms with Crippen LogP contribution in [0.5, 0.6) is 0 Å². The Labute approximate surface area is 142 Å². The SMILES string of the molecule is CC(=O)Nc1cccc(S(=O)(=O)Nc2ccnc(C(C)(C)C)c2)c1. The van der Waals surface area contributed by atoms with Gasteiger partial charge in [-0.2, -0.15) is 0 Å². The third kappa shape index (κ3) is 4.55. The number of pyridine rings is 1. The molecule has 2 N–H and O–H groups in total. The third-order valence-corrected chi connectivity index (χ3v) is 4.62. The van der Waals surface area contributed by atoms with Crippen LogP contribution in [-0.2, 0) is 20.2 Å². The fraction of sp³-hybridized carbons (Fsp3) is 0.294. The first-order chi connectivity index (χ1) is 11.1. The lowest BCUT2D eigenvalue weighted by Crippen LogP contribution is -2.16. The largest absolute Gasteiger partial charge is 0.326 e. The zero-order valence-electron chi connectivity index (χ0n) is 14.1. The third-order valence-electron chi connectivity index (χ3n) is 3.25. The van der Waals surface area contributed by atoms with Crippen molar-refractivity contribution in [3.05, 3.63) is 48.3 Å². The molecule has 2 rings (SSSR count). The maximum Gasteiger partial charge on any atom is 0.261 e. The normalized spacial score (nSPS) is 11.8. The molecule has 1 aromatic carbocycles. The van der Waals surface area contributed by atoms with Gasteiger partial charge in [0.15, 0.2) is 0 Å². The lowest BCUT2D eigenvalue weighted by molar-refractivity contribution is -0.114. The van der Waals surface area contributed by atoms with Crippen molar-refractivity contribution in [2.75, 3.05) is 10.0 Å². The number of sulfonamides is 1. The van der Waals surface area contributed by atoms with Gasteiger partial charge < -0.3 is 5.32 Å². The van der Waals surface area contributed by atoms with E-state index in [1.165, 1.54) is 19.1 Å². The number of anilines is 2. The van der Waals surface area contributed by atoms with Crippen molar-refractivity contribution in [1.82, 2.24) is 4.98 Å². The molecular formula is C17H21N3O3S. The molecule has 0 unspecified atom stereocenters. The van der Waals surface area contributed by atoms with E-state index in [0.717, 1.165) is 5.69 Å². The van der Waals surface area contributed by atoms with E-state index in [4.69, 9.17) is 0 Å². The molecule has 0 aliphatic rings. The van der Waals surface area contributed by atoms with Gasteiger partial charge in [0.05, 0.1) is 10.6 Å². The molecule has 0 saturated heterocycles. The van der Waals surface area contributed by atoms with Crippen LogP contribution in [0.3, 0.4) is 0 Å². The van der Waals surface area contributed by atoms with Crippen molar-refractivity contribution >= 4 is 27.3 Å². The molecule has 24 heavy (non-hydrogen) atoms. The van der Waals surface area contributed by atoms with Crippen molar-refractivity contribution in [3.8, 4) is 0 Å². The summed E-state index contributed by atoms with van der Waals surface area (Å²) in [6, 6.07) is 9.41. The molecule has 1 amide bonds. The number of aromatic nitrogens is 1. The van der Waals surface area contributed by atoms with Crippen molar-refractivity contribution in [2.45, 2.75) is 38.0 Å². The summed E-state index contributed by atoms with van der Waals surface area (Å²) in [5, 5.41) is 2.57. The Balaban J connectivity index is 2.30. The van der Waals surface area contributed by atoms with Crippen LogP contribution < -0.4 is 10.0 Å². The van der Waals surface area contributed by atoms with Gasteiger partial charge in [-0.3, -0.25) is 14.5 Å². The Hall–Kier alpha value is -2.41. The minimum Gasteiger partial charge on any atom is -0.326 e. The molecule has 7 heteroatoms. The van der Waals surface area contributed by atoms with Gasteiger partial charge in [-0.1, -0.05) is 26.8 Å². The Morgan fingerprint density at radius 2 is 1.79 bits per heavy atom. The van der Waals surface area contributed by atoms with Gasteiger partial charge in [0, 0.05) is 29.9 Å². The fourth-order valence-electron chi connectivity index (χ4n) is 2.06. The summed E-state index contributed by atoms with van der Waals surface area (Å²) in [7, 11) is -3.76. The number of benzene rings is 1. The van der Waals surface area contributed by atoms with Crippen molar-refractivity contribution in [2.24, 2.45) is 0 Å². The lowest BCUT2D eigenvalue weighted by Gasteiger charge is -2.18. The van der Waals surface area contributed by atoms with Gasteiger partial charge in [0.1, 0.15) is 0 Å². The highest BCUT2D eigenvalue weighted by Gasteiger charge is 2.18. The number of hydrogen-bond donors (Lipinski definition) is 2. The average Bonchev–Trinajstić information content (AvgIpc) is 2.46. The van der Waals surface area contributed by atoms with Gasteiger partial charge in [0.25, 0.3) is 10.0 Å². The van der Waals surface area contributed by atoms with E-state index < -0.39 is 10.0 Å². The molecular weight excluding hydrogens is 326 g/mol. The van der Waals surface area contributed by atoms with Crippen LogP contribution in [0.2, 0.25) is 0 Å². The van der Waals surface area contributed by atoms with Crippen LogP contribution in [0.15, 0.2) is 47.5 Å². The number of nitrogens with one attached hydrogen (secondary N) is 2. The van der Waals surface area contributed by atoms with E-state index in [-0.39, 0.29) is 16.2 Å². The van der Waals surface area contributed by atoms with E-state index in [9.17, 15) is 13.2 Å². The quantitative estimate of drug-likeness (QED) is 0.889. The number of nitrogens with zero attached hydrogens (tertiary/aromatic N) is 1. The highest BCUT2D eigenvalue weighted by Crippen LogP contribution is 2.24. The molecule has 0 saturated carbocycles. The van der Waals surface area contributed by atoms with Crippen molar-refractivity contribution < 1.29 is 13.2 Å². The summed E-state index contributed by atoms with van der Waals surface area (Å²) in [5.74, 6) is -0.263. The Morgan fingerprint density at radius 1 is 1.08 bits per heavy atom.